The summed E-state index contributed by atoms with van der Waals surface area (Å²) >= 11 is 0. The van der Waals surface area contributed by atoms with Crippen LogP contribution in [0.3, 0.4) is 0 Å². The molecule has 1 fully saturated rings. The minimum Gasteiger partial charge on any atom is -0.324 e. The van der Waals surface area contributed by atoms with Crippen molar-refractivity contribution in [1.82, 2.24) is 19.7 Å². The van der Waals surface area contributed by atoms with E-state index in [0.29, 0.717) is 23.0 Å². The van der Waals surface area contributed by atoms with Crippen LogP contribution >= 0.6 is 0 Å². The van der Waals surface area contributed by atoms with Gasteiger partial charge in [0, 0.05) is 18.9 Å². The Labute approximate surface area is 172 Å². The normalized spacial score (nSPS) is 13.3. The summed E-state index contributed by atoms with van der Waals surface area (Å²) in [7, 11) is 1.73. The molecule has 1 aromatic carbocycles. The first kappa shape index (κ1) is 20.7. The molecule has 4 rings (SSSR count). The third-order valence-corrected chi connectivity index (χ3v) is 4.93. The maximum Gasteiger partial charge on any atom is 0.227 e. The summed E-state index contributed by atoms with van der Waals surface area (Å²) in [4.78, 5) is 19.7. The zero-order valence-electron chi connectivity index (χ0n) is 17.5. The lowest BCUT2D eigenvalue weighted by Crippen LogP contribution is -1.99. The van der Waals surface area contributed by atoms with E-state index in [0.717, 1.165) is 12.0 Å². The third-order valence-electron chi connectivity index (χ3n) is 4.93. The SMILES string of the molecule is C1CCCCC1.Cc1cc(C)cc(Nc2nccc(-c3cc(C=O)n(C)n3)n2)c1. The van der Waals surface area contributed by atoms with Gasteiger partial charge in [-0.2, -0.15) is 5.10 Å². The molecule has 1 N–H and O–H groups in total. The first-order chi connectivity index (χ1) is 14.0. The molecule has 152 valence electrons. The average Bonchev–Trinajstić information content (AvgIpc) is 3.10. The lowest BCUT2D eigenvalue weighted by Gasteiger charge is -2.07. The molecule has 29 heavy (non-hydrogen) atoms. The van der Waals surface area contributed by atoms with Crippen LogP contribution in [-0.2, 0) is 7.05 Å². The number of benzene rings is 1. The van der Waals surface area contributed by atoms with Crippen molar-refractivity contribution in [2.45, 2.75) is 52.4 Å². The highest BCUT2D eigenvalue weighted by atomic mass is 16.1. The summed E-state index contributed by atoms with van der Waals surface area (Å²) in [5.41, 5.74) is 5.08. The topological polar surface area (TPSA) is 72.7 Å². The number of aromatic nitrogens is 4. The van der Waals surface area contributed by atoms with Crippen molar-refractivity contribution in [2.75, 3.05) is 5.32 Å². The molecule has 1 aliphatic carbocycles. The molecular weight excluding hydrogens is 362 g/mol. The quantitative estimate of drug-likeness (QED) is 0.604. The van der Waals surface area contributed by atoms with Crippen LogP contribution in [0.4, 0.5) is 11.6 Å². The summed E-state index contributed by atoms with van der Waals surface area (Å²) in [6.45, 7) is 4.09. The van der Waals surface area contributed by atoms with Crippen molar-refractivity contribution in [3.05, 3.63) is 53.3 Å². The third kappa shape index (κ3) is 5.98. The molecule has 0 amide bonds. The van der Waals surface area contributed by atoms with Crippen molar-refractivity contribution >= 4 is 17.9 Å². The molecule has 1 aliphatic rings. The Hall–Kier alpha value is -3.02. The second kappa shape index (κ2) is 9.96. The van der Waals surface area contributed by atoms with Gasteiger partial charge in [0.25, 0.3) is 0 Å². The molecule has 2 heterocycles. The van der Waals surface area contributed by atoms with Crippen molar-refractivity contribution in [2.24, 2.45) is 7.05 Å². The van der Waals surface area contributed by atoms with Crippen molar-refractivity contribution in [3.63, 3.8) is 0 Å². The molecule has 0 spiro atoms. The van der Waals surface area contributed by atoms with Gasteiger partial charge in [0.15, 0.2) is 6.29 Å². The van der Waals surface area contributed by atoms with E-state index < -0.39 is 0 Å². The summed E-state index contributed by atoms with van der Waals surface area (Å²) in [5.74, 6) is 0.491. The highest BCUT2D eigenvalue weighted by Crippen LogP contribution is 2.20. The predicted molar refractivity (Wildman–Crippen MR) is 117 cm³/mol. The van der Waals surface area contributed by atoms with Crippen LogP contribution in [0.2, 0.25) is 0 Å². The second-order valence-corrected chi connectivity index (χ2v) is 7.58. The number of aldehydes is 1. The fourth-order valence-electron chi connectivity index (χ4n) is 3.52. The van der Waals surface area contributed by atoms with Gasteiger partial charge in [-0.1, -0.05) is 44.6 Å². The Morgan fingerprint density at radius 2 is 1.55 bits per heavy atom. The van der Waals surface area contributed by atoms with E-state index in [9.17, 15) is 4.79 Å². The van der Waals surface area contributed by atoms with E-state index in [4.69, 9.17) is 0 Å². The maximum atomic E-state index is 10.9. The van der Waals surface area contributed by atoms with Gasteiger partial charge < -0.3 is 5.32 Å². The van der Waals surface area contributed by atoms with E-state index in [-0.39, 0.29) is 0 Å². The smallest absolute Gasteiger partial charge is 0.227 e. The number of rotatable bonds is 4. The van der Waals surface area contributed by atoms with Crippen LogP contribution in [0.15, 0.2) is 36.5 Å². The lowest BCUT2D eigenvalue weighted by molar-refractivity contribution is 0.111. The molecule has 6 nitrogen and oxygen atoms in total. The zero-order valence-corrected chi connectivity index (χ0v) is 17.5. The van der Waals surface area contributed by atoms with Gasteiger partial charge in [-0.3, -0.25) is 9.48 Å². The number of carbonyl (C=O) groups excluding carboxylic acids is 1. The maximum absolute atomic E-state index is 10.9. The fraction of sp³-hybridized carbons (Fsp3) is 0.391. The van der Waals surface area contributed by atoms with Crippen LogP contribution in [0, 0.1) is 13.8 Å². The number of nitrogens with zero attached hydrogens (tertiary/aromatic N) is 4. The first-order valence-corrected chi connectivity index (χ1v) is 10.2. The Morgan fingerprint density at radius 3 is 2.10 bits per heavy atom. The van der Waals surface area contributed by atoms with Crippen LogP contribution in [0.5, 0.6) is 0 Å². The largest absolute Gasteiger partial charge is 0.324 e. The van der Waals surface area contributed by atoms with Crippen molar-refractivity contribution in [3.8, 4) is 11.4 Å². The Morgan fingerprint density at radius 1 is 0.931 bits per heavy atom. The van der Waals surface area contributed by atoms with Gasteiger partial charge in [0.05, 0.1) is 5.69 Å². The number of carbonyl (C=O) groups is 1. The lowest BCUT2D eigenvalue weighted by atomic mass is 10.0. The van der Waals surface area contributed by atoms with Crippen LogP contribution < -0.4 is 5.32 Å². The Bertz CT molecular complexity index is 928. The number of nitrogens with one attached hydrogen (secondary N) is 1. The van der Waals surface area contributed by atoms with Crippen LogP contribution in [0.25, 0.3) is 11.4 Å². The second-order valence-electron chi connectivity index (χ2n) is 7.58. The monoisotopic (exact) mass is 391 g/mol. The average molecular weight is 392 g/mol. The summed E-state index contributed by atoms with van der Waals surface area (Å²) < 4.78 is 1.53. The fourth-order valence-corrected chi connectivity index (χ4v) is 3.52. The van der Waals surface area contributed by atoms with Crippen LogP contribution in [-0.4, -0.2) is 26.0 Å². The molecule has 0 bridgehead atoms. The first-order valence-electron chi connectivity index (χ1n) is 10.2. The summed E-state index contributed by atoms with van der Waals surface area (Å²) in [6.07, 6.45) is 11.4. The molecule has 0 radical (unpaired) electrons. The molecule has 0 unspecified atom stereocenters. The molecule has 0 aliphatic heterocycles. The highest BCUT2D eigenvalue weighted by molar-refractivity contribution is 5.75. The molecule has 0 saturated heterocycles. The van der Waals surface area contributed by atoms with Crippen molar-refractivity contribution in [1.29, 1.82) is 0 Å². The van der Waals surface area contributed by atoms with Gasteiger partial charge in [-0.15, -0.1) is 0 Å². The standard InChI is InChI=1S/C17H17N5O.C6H12/c1-11-6-12(2)8-13(7-11)19-17-18-5-4-15(20-17)16-9-14(10-23)22(3)21-16;1-2-4-6-5-3-1/h4-10H,1-3H3,(H,18,19,20);1-6H2. The number of hydrogen-bond donors (Lipinski definition) is 1. The van der Waals surface area contributed by atoms with E-state index in [2.05, 4.69) is 26.4 Å². The van der Waals surface area contributed by atoms with Gasteiger partial charge >= 0.3 is 0 Å². The predicted octanol–water partition coefficient (Wildman–Crippen LogP) is 5.39. The molecule has 6 heteroatoms. The van der Waals surface area contributed by atoms with Crippen LogP contribution in [0.1, 0.15) is 60.1 Å². The van der Waals surface area contributed by atoms with E-state index in [1.165, 1.54) is 54.3 Å². The van der Waals surface area contributed by atoms with Gasteiger partial charge in [-0.05, 0) is 49.2 Å². The Balaban J connectivity index is 0.000000343. The van der Waals surface area contributed by atoms with E-state index in [1.807, 2.05) is 26.0 Å². The van der Waals surface area contributed by atoms with Gasteiger partial charge in [0.2, 0.25) is 5.95 Å². The molecular formula is C23H29N5O. The number of anilines is 2. The molecule has 0 atom stereocenters. The van der Waals surface area contributed by atoms with Gasteiger partial charge in [-0.25, -0.2) is 9.97 Å². The van der Waals surface area contributed by atoms with E-state index in [1.54, 1.807) is 25.4 Å². The Kier molecular flexibility index (Phi) is 7.11. The summed E-state index contributed by atoms with van der Waals surface area (Å²) in [5, 5.41) is 7.50. The number of aryl methyl sites for hydroxylation is 3. The van der Waals surface area contributed by atoms with Gasteiger partial charge in [0.1, 0.15) is 11.4 Å². The van der Waals surface area contributed by atoms with E-state index >= 15 is 0 Å². The molecule has 2 aromatic heterocycles. The zero-order chi connectivity index (χ0) is 20.6. The number of hydrogen-bond acceptors (Lipinski definition) is 5. The summed E-state index contributed by atoms with van der Waals surface area (Å²) in [6, 6.07) is 9.65. The molecule has 1 saturated carbocycles. The van der Waals surface area contributed by atoms with Crippen molar-refractivity contribution < 1.29 is 4.79 Å². The minimum atomic E-state index is 0.491. The molecule has 3 aromatic rings. The minimum absolute atomic E-state index is 0.491. The highest BCUT2D eigenvalue weighted by Gasteiger charge is 2.09.